The van der Waals surface area contributed by atoms with E-state index >= 15 is 0 Å². The Balaban J connectivity index is 2.11. The Bertz CT molecular complexity index is 473. The normalized spacial score (nSPS) is 18.5. The van der Waals surface area contributed by atoms with Crippen molar-refractivity contribution in [3.8, 4) is 0 Å². The molecule has 104 valence electrons. The van der Waals surface area contributed by atoms with Gasteiger partial charge in [0.05, 0.1) is 13.2 Å². The first-order valence-electron chi connectivity index (χ1n) is 5.85. The summed E-state index contributed by atoms with van der Waals surface area (Å²) in [5, 5.41) is 2.61. The van der Waals surface area contributed by atoms with Gasteiger partial charge in [-0.15, -0.1) is 0 Å². The zero-order valence-electron chi connectivity index (χ0n) is 10.5. The Kier molecular flexibility index (Phi) is 3.73. The highest BCUT2D eigenvalue weighted by Crippen LogP contribution is 2.28. The molecule has 19 heavy (non-hydrogen) atoms. The van der Waals surface area contributed by atoms with Gasteiger partial charge in [-0.05, 0) is 18.6 Å². The first-order chi connectivity index (χ1) is 9.01. The van der Waals surface area contributed by atoms with E-state index in [0.717, 1.165) is 12.1 Å². The number of ether oxygens (including phenoxy) is 1. The van der Waals surface area contributed by atoms with Gasteiger partial charge in [-0.3, -0.25) is 0 Å². The molecule has 1 aromatic rings. The Morgan fingerprint density at radius 2 is 2.11 bits per heavy atom. The highest BCUT2D eigenvalue weighted by Gasteiger charge is 2.28. The van der Waals surface area contributed by atoms with Gasteiger partial charge in [0.25, 0.3) is 0 Å². The number of carbonyl (C=O) groups is 1. The molecule has 1 aliphatic heterocycles. The fourth-order valence-corrected chi connectivity index (χ4v) is 2.19. The van der Waals surface area contributed by atoms with Crippen LogP contribution in [-0.2, 0) is 4.74 Å². The molecule has 5 nitrogen and oxygen atoms in total. The zero-order valence-corrected chi connectivity index (χ0v) is 10.5. The van der Waals surface area contributed by atoms with Crippen LogP contribution in [0, 0.1) is 11.6 Å². The van der Waals surface area contributed by atoms with E-state index in [-0.39, 0.29) is 17.4 Å². The summed E-state index contributed by atoms with van der Waals surface area (Å²) >= 11 is 0. The molecule has 7 heteroatoms. The predicted octanol–water partition coefficient (Wildman–Crippen LogP) is 1.48. The highest BCUT2D eigenvalue weighted by atomic mass is 19.1. The summed E-state index contributed by atoms with van der Waals surface area (Å²) in [4.78, 5) is 12.6. The van der Waals surface area contributed by atoms with Gasteiger partial charge < -0.3 is 20.7 Å². The lowest BCUT2D eigenvalue weighted by Crippen LogP contribution is -2.37. The molecule has 0 aromatic heterocycles. The average Bonchev–Trinajstić information content (AvgIpc) is 2.75. The summed E-state index contributed by atoms with van der Waals surface area (Å²) in [6, 6.07) is 1.97. The van der Waals surface area contributed by atoms with Gasteiger partial charge in [0, 0.05) is 18.8 Å². The molecule has 1 saturated heterocycles. The van der Waals surface area contributed by atoms with Crippen molar-refractivity contribution in [1.82, 2.24) is 5.32 Å². The number of methoxy groups -OCH3 is 1. The van der Waals surface area contributed by atoms with Crippen molar-refractivity contribution in [2.24, 2.45) is 0 Å². The summed E-state index contributed by atoms with van der Waals surface area (Å²) in [5.74, 6) is -1.40. The van der Waals surface area contributed by atoms with Crippen LogP contribution >= 0.6 is 0 Å². The Morgan fingerprint density at radius 1 is 1.47 bits per heavy atom. The van der Waals surface area contributed by atoms with Crippen molar-refractivity contribution in [3.63, 3.8) is 0 Å². The lowest BCUT2D eigenvalue weighted by Gasteiger charge is -2.20. The predicted molar refractivity (Wildman–Crippen MR) is 66.9 cm³/mol. The largest absolute Gasteiger partial charge is 0.453 e. The molecular formula is C12H15F2N3O2. The van der Waals surface area contributed by atoms with Crippen LogP contribution in [0.1, 0.15) is 6.42 Å². The van der Waals surface area contributed by atoms with Gasteiger partial charge in [-0.2, -0.15) is 0 Å². The first kappa shape index (κ1) is 13.4. The molecule has 1 fully saturated rings. The van der Waals surface area contributed by atoms with E-state index < -0.39 is 17.7 Å². The number of nitrogen functional groups attached to an aromatic ring is 1. The van der Waals surface area contributed by atoms with Crippen LogP contribution in [0.5, 0.6) is 0 Å². The number of hydrogen-bond donors (Lipinski definition) is 2. The van der Waals surface area contributed by atoms with Gasteiger partial charge in [-0.1, -0.05) is 0 Å². The average molecular weight is 271 g/mol. The number of rotatable bonds is 2. The maximum Gasteiger partial charge on any atom is 0.407 e. The van der Waals surface area contributed by atoms with E-state index in [4.69, 9.17) is 5.73 Å². The summed E-state index contributed by atoms with van der Waals surface area (Å²) in [7, 11) is 1.27. The highest BCUT2D eigenvalue weighted by molar-refractivity contribution is 5.67. The third kappa shape index (κ3) is 2.86. The van der Waals surface area contributed by atoms with Crippen molar-refractivity contribution in [1.29, 1.82) is 0 Å². The fraction of sp³-hybridized carbons (Fsp3) is 0.417. The second-order valence-electron chi connectivity index (χ2n) is 4.40. The summed E-state index contributed by atoms with van der Waals surface area (Å²) in [6.07, 6.45) is 0.0448. The standard InChI is InChI=1S/C12H15F2N3O2/c1-19-12(18)16-8-2-3-17(6-8)11-9(13)4-7(15)5-10(11)14/h4-5,8H,2-3,6,15H2,1H3,(H,16,18). The van der Waals surface area contributed by atoms with E-state index in [1.165, 1.54) is 7.11 Å². The lowest BCUT2D eigenvalue weighted by molar-refractivity contribution is 0.167. The van der Waals surface area contributed by atoms with Crippen LogP contribution in [-0.4, -0.2) is 32.3 Å². The molecular weight excluding hydrogens is 256 g/mol. The molecule has 1 aromatic carbocycles. The maximum absolute atomic E-state index is 13.7. The Labute approximate surface area is 109 Å². The molecule has 0 saturated carbocycles. The van der Waals surface area contributed by atoms with Crippen LogP contribution in [0.3, 0.4) is 0 Å². The van der Waals surface area contributed by atoms with Crippen molar-refractivity contribution >= 4 is 17.5 Å². The number of halogens is 2. The quantitative estimate of drug-likeness (QED) is 0.800. The fourth-order valence-electron chi connectivity index (χ4n) is 2.19. The number of nitrogens with one attached hydrogen (secondary N) is 1. The number of carbonyl (C=O) groups excluding carboxylic acids is 1. The van der Waals surface area contributed by atoms with Crippen LogP contribution in [0.4, 0.5) is 25.0 Å². The molecule has 0 bridgehead atoms. The van der Waals surface area contributed by atoms with E-state index in [9.17, 15) is 13.6 Å². The molecule has 3 N–H and O–H groups in total. The lowest BCUT2D eigenvalue weighted by atomic mass is 10.2. The van der Waals surface area contributed by atoms with E-state index in [1.54, 1.807) is 4.90 Å². The van der Waals surface area contributed by atoms with E-state index in [0.29, 0.717) is 19.5 Å². The van der Waals surface area contributed by atoms with E-state index in [2.05, 4.69) is 10.1 Å². The number of nitrogens with two attached hydrogens (primary N) is 1. The molecule has 1 atom stereocenters. The maximum atomic E-state index is 13.7. The number of nitrogens with zero attached hydrogens (tertiary/aromatic N) is 1. The molecule has 1 heterocycles. The molecule has 1 amide bonds. The van der Waals surface area contributed by atoms with Gasteiger partial charge >= 0.3 is 6.09 Å². The minimum absolute atomic E-state index is 0.0437. The van der Waals surface area contributed by atoms with Crippen molar-refractivity contribution in [2.75, 3.05) is 30.8 Å². The van der Waals surface area contributed by atoms with Gasteiger partial charge in [0.15, 0.2) is 11.6 Å². The zero-order chi connectivity index (χ0) is 14.0. The number of benzene rings is 1. The summed E-state index contributed by atoms with van der Waals surface area (Å²) in [5.41, 5.74) is 5.30. The van der Waals surface area contributed by atoms with Crippen molar-refractivity contribution < 1.29 is 18.3 Å². The Morgan fingerprint density at radius 3 is 2.68 bits per heavy atom. The number of amides is 1. The SMILES string of the molecule is COC(=O)NC1CCN(c2c(F)cc(N)cc2F)C1. The van der Waals surface area contributed by atoms with Gasteiger partial charge in [0.2, 0.25) is 0 Å². The molecule has 1 aliphatic rings. The second kappa shape index (κ2) is 5.29. The monoisotopic (exact) mass is 271 g/mol. The number of hydrogen-bond acceptors (Lipinski definition) is 4. The molecule has 0 radical (unpaired) electrons. The van der Waals surface area contributed by atoms with Crippen LogP contribution in [0.15, 0.2) is 12.1 Å². The van der Waals surface area contributed by atoms with Crippen molar-refractivity contribution in [2.45, 2.75) is 12.5 Å². The number of anilines is 2. The van der Waals surface area contributed by atoms with Gasteiger partial charge in [0.1, 0.15) is 5.69 Å². The van der Waals surface area contributed by atoms with Crippen LogP contribution in [0.2, 0.25) is 0 Å². The first-order valence-corrected chi connectivity index (χ1v) is 5.85. The molecule has 2 rings (SSSR count). The second-order valence-corrected chi connectivity index (χ2v) is 4.40. The summed E-state index contributed by atoms with van der Waals surface area (Å²) in [6.45, 7) is 0.777. The minimum Gasteiger partial charge on any atom is -0.453 e. The van der Waals surface area contributed by atoms with Gasteiger partial charge in [-0.25, -0.2) is 13.6 Å². The third-order valence-corrected chi connectivity index (χ3v) is 3.05. The minimum atomic E-state index is -0.698. The Hall–Kier alpha value is -2.05. The molecule has 0 aliphatic carbocycles. The third-order valence-electron chi connectivity index (χ3n) is 3.05. The van der Waals surface area contributed by atoms with Crippen molar-refractivity contribution in [3.05, 3.63) is 23.8 Å². The summed E-state index contributed by atoms with van der Waals surface area (Å²) < 4.78 is 32.0. The van der Waals surface area contributed by atoms with Crippen LogP contribution in [0.25, 0.3) is 0 Å². The van der Waals surface area contributed by atoms with Crippen LogP contribution < -0.4 is 16.0 Å². The van der Waals surface area contributed by atoms with E-state index in [1.807, 2.05) is 0 Å². The molecule has 1 unspecified atom stereocenters. The number of alkyl carbamates (subject to hydrolysis) is 1. The smallest absolute Gasteiger partial charge is 0.407 e. The topological polar surface area (TPSA) is 67.6 Å². The molecule has 0 spiro atoms.